The van der Waals surface area contributed by atoms with Gasteiger partial charge in [0.15, 0.2) is 0 Å². The van der Waals surface area contributed by atoms with E-state index in [1.54, 1.807) is 0 Å². The van der Waals surface area contributed by atoms with Gasteiger partial charge in [-0.1, -0.05) is 13.3 Å². The zero-order valence-electron chi connectivity index (χ0n) is 5.56. The van der Waals surface area contributed by atoms with Gasteiger partial charge in [-0.2, -0.15) is 0 Å². The van der Waals surface area contributed by atoms with Crippen molar-refractivity contribution in [2.75, 3.05) is 6.54 Å². The Balaban J connectivity index is 0. The minimum absolute atomic E-state index is 0. The van der Waals surface area contributed by atoms with Crippen LogP contribution in [0, 0.1) is 5.21 Å². The van der Waals surface area contributed by atoms with Crippen LogP contribution in [0.2, 0.25) is 0 Å². The molecule has 1 atom stereocenters. The maximum absolute atomic E-state index is 9.87. The van der Waals surface area contributed by atoms with Gasteiger partial charge in [0.1, 0.15) is 6.54 Å². The van der Waals surface area contributed by atoms with Crippen LogP contribution in [0.15, 0.2) is 0 Å². The number of hydrogen-bond acceptors (Lipinski definition) is 2. The lowest BCUT2D eigenvalue weighted by Crippen LogP contribution is -3.04. The second-order valence-electron chi connectivity index (χ2n) is 1.85. The zero-order valence-corrected chi connectivity index (χ0v) is 7.15. The number of hydroxylamine groups is 2. The SMILES string of the molecule is CCCCC[NH+]([O-])O.[Br-]. The molecular formula is C5H13BrNO2-. The minimum atomic E-state index is -0.682. The van der Waals surface area contributed by atoms with Gasteiger partial charge >= 0.3 is 0 Å². The van der Waals surface area contributed by atoms with E-state index in [0.717, 1.165) is 19.3 Å². The average Bonchev–Trinajstić information content (AvgIpc) is 1.66. The van der Waals surface area contributed by atoms with Gasteiger partial charge in [-0.3, -0.25) is 0 Å². The van der Waals surface area contributed by atoms with Gasteiger partial charge in [-0.05, 0) is 12.8 Å². The van der Waals surface area contributed by atoms with Crippen LogP contribution in [0.25, 0.3) is 0 Å². The summed E-state index contributed by atoms with van der Waals surface area (Å²) in [4.78, 5) is 0. The molecule has 0 aromatic carbocycles. The third-order valence-corrected chi connectivity index (χ3v) is 0.994. The molecule has 0 spiro atoms. The molecule has 3 nitrogen and oxygen atoms in total. The lowest BCUT2D eigenvalue weighted by Gasteiger charge is -2.10. The van der Waals surface area contributed by atoms with Gasteiger partial charge < -0.3 is 22.2 Å². The summed E-state index contributed by atoms with van der Waals surface area (Å²) in [6.45, 7) is 2.38. The van der Waals surface area contributed by atoms with Gasteiger partial charge in [0.05, 0.1) is 0 Å². The molecule has 0 aliphatic heterocycles. The first kappa shape index (κ1) is 12.1. The Morgan fingerprint density at radius 3 is 2.33 bits per heavy atom. The van der Waals surface area contributed by atoms with E-state index in [9.17, 15) is 5.21 Å². The predicted octanol–water partition coefficient (Wildman–Crippen LogP) is -3.05. The Morgan fingerprint density at radius 2 is 2.00 bits per heavy atom. The Morgan fingerprint density at radius 1 is 1.44 bits per heavy atom. The molecule has 2 N–H and O–H groups in total. The summed E-state index contributed by atoms with van der Waals surface area (Å²) in [5.41, 5.74) is 0. The first-order chi connectivity index (χ1) is 3.77. The Labute approximate surface area is 66.0 Å². The van der Waals surface area contributed by atoms with Crippen LogP contribution in [-0.4, -0.2) is 11.8 Å². The summed E-state index contributed by atoms with van der Waals surface area (Å²) < 4.78 is 0. The van der Waals surface area contributed by atoms with Crippen LogP contribution < -0.4 is 22.2 Å². The fourth-order valence-corrected chi connectivity index (χ4v) is 0.526. The van der Waals surface area contributed by atoms with E-state index in [1.165, 1.54) is 0 Å². The number of quaternary nitrogens is 1. The van der Waals surface area contributed by atoms with Crippen molar-refractivity contribution in [2.24, 2.45) is 0 Å². The molecule has 9 heavy (non-hydrogen) atoms. The minimum Gasteiger partial charge on any atom is -1.00 e. The first-order valence-electron chi connectivity index (χ1n) is 2.99. The molecular weight excluding hydrogens is 186 g/mol. The highest BCUT2D eigenvalue weighted by Crippen LogP contribution is 1.88. The van der Waals surface area contributed by atoms with Gasteiger partial charge in [0.25, 0.3) is 0 Å². The van der Waals surface area contributed by atoms with Crippen molar-refractivity contribution >= 4 is 0 Å². The monoisotopic (exact) mass is 198 g/mol. The van der Waals surface area contributed by atoms with Crippen molar-refractivity contribution in [1.82, 2.24) is 0 Å². The van der Waals surface area contributed by atoms with Gasteiger partial charge in [0, 0.05) is 0 Å². The summed E-state index contributed by atoms with van der Waals surface area (Å²) in [5.74, 6) is 0. The number of unbranched alkanes of at least 4 members (excludes halogenated alkanes) is 2. The third kappa shape index (κ3) is 11.8. The van der Waals surface area contributed by atoms with Gasteiger partial charge in [-0.25, -0.2) is 10.4 Å². The van der Waals surface area contributed by atoms with Crippen LogP contribution >= 0.6 is 0 Å². The first-order valence-corrected chi connectivity index (χ1v) is 2.99. The second-order valence-corrected chi connectivity index (χ2v) is 1.85. The highest BCUT2D eigenvalue weighted by atomic mass is 79.9. The van der Waals surface area contributed by atoms with Gasteiger partial charge in [0.2, 0.25) is 0 Å². The molecule has 0 saturated heterocycles. The molecule has 0 amide bonds. The van der Waals surface area contributed by atoms with Crippen LogP contribution in [-0.2, 0) is 0 Å². The van der Waals surface area contributed by atoms with E-state index >= 15 is 0 Å². The molecule has 0 heterocycles. The highest BCUT2D eigenvalue weighted by molar-refractivity contribution is 4.31. The largest absolute Gasteiger partial charge is 1.00 e. The van der Waals surface area contributed by atoms with E-state index in [-0.39, 0.29) is 17.0 Å². The maximum atomic E-state index is 9.87. The molecule has 0 aliphatic rings. The molecule has 0 radical (unpaired) electrons. The van der Waals surface area contributed by atoms with Crippen molar-refractivity contribution in [1.29, 1.82) is 0 Å². The number of rotatable bonds is 4. The summed E-state index contributed by atoms with van der Waals surface area (Å²) in [7, 11) is 0. The number of hydrogen-bond donors (Lipinski definition) is 2. The van der Waals surface area contributed by atoms with Crippen molar-refractivity contribution in [3.63, 3.8) is 0 Å². The lowest BCUT2D eigenvalue weighted by molar-refractivity contribution is -1.05. The lowest BCUT2D eigenvalue weighted by atomic mass is 10.2. The van der Waals surface area contributed by atoms with Crippen molar-refractivity contribution in [2.45, 2.75) is 26.2 Å². The van der Waals surface area contributed by atoms with E-state index in [4.69, 9.17) is 5.21 Å². The smallest absolute Gasteiger partial charge is 0.106 e. The summed E-state index contributed by atoms with van der Waals surface area (Å²) in [6, 6.07) is 0. The normalized spacial score (nSPS) is 12.3. The molecule has 58 valence electrons. The van der Waals surface area contributed by atoms with E-state index in [1.807, 2.05) is 0 Å². The number of nitrogens with one attached hydrogen (secondary N) is 1. The highest BCUT2D eigenvalue weighted by Gasteiger charge is 1.88. The summed E-state index contributed by atoms with van der Waals surface area (Å²) >= 11 is 0. The van der Waals surface area contributed by atoms with E-state index < -0.39 is 5.23 Å². The van der Waals surface area contributed by atoms with Crippen molar-refractivity contribution in [3.8, 4) is 0 Å². The fraction of sp³-hybridized carbons (Fsp3) is 1.00. The Bertz CT molecular complexity index is 52.2. The standard InChI is InChI=1S/C5H13NO2.BrH/c1-2-3-4-5-6(7)8;/h6-7H,2-5H2,1H3;1H/p-1. The average molecular weight is 199 g/mol. The number of halogens is 1. The molecule has 0 rings (SSSR count). The molecule has 0 saturated carbocycles. The Kier molecular flexibility index (Phi) is 11.2. The predicted molar refractivity (Wildman–Crippen MR) is 30.5 cm³/mol. The van der Waals surface area contributed by atoms with Crippen LogP contribution in [0.4, 0.5) is 0 Å². The van der Waals surface area contributed by atoms with E-state index in [0.29, 0.717) is 6.54 Å². The van der Waals surface area contributed by atoms with Crippen molar-refractivity contribution in [3.05, 3.63) is 5.21 Å². The quantitative estimate of drug-likeness (QED) is 0.373. The molecule has 0 aromatic heterocycles. The second kappa shape index (κ2) is 8.36. The fourth-order valence-electron chi connectivity index (χ4n) is 0.526. The molecule has 0 aliphatic carbocycles. The molecule has 1 unspecified atom stereocenters. The van der Waals surface area contributed by atoms with Crippen LogP contribution in [0.1, 0.15) is 26.2 Å². The van der Waals surface area contributed by atoms with E-state index in [2.05, 4.69) is 6.92 Å². The maximum Gasteiger partial charge on any atom is 0.106 e. The summed E-state index contributed by atoms with van der Waals surface area (Å²) in [6.07, 6.45) is 2.95. The van der Waals surface area contributed by atoms with Crippen molar-refractivity contribution < 1.29 is 27.4 Å². The zero-order chi connectivity index (χ0) is 6.41. The Hall–Kier alpha value is 0.360. The van der Waals surface area contributed by atoms with Crippen LogP contribution in [0.5, 0.6) is 0 Å². The molecule has 0 aromatic rings. The third-order valence-electron chi connectivity index (χ3n) is 0.994. The molecule has 0 bridgehead atoms. The topological polar surface area (TPSA) is 47.7 Å². The van der Waals surface area contributed by atoms with Crippen LogP contribution in [0.3, 0.4) is 0 Å². The molecule has 0 fully saturated rings. The van der Waals surface area contributed by atoms with Gasteiger partial charge in [-0.15, -0.1) is 0 Å². The molecule has 4 heteroatoms. The summed E-state index contributed by atoms with van der Waals surface area (Å²) in [5, 5.41) is 17.3.